The van der Waals surface area contributed by atoms with Crippen LogP contribution in [0.2, 0.25) is 0 Å². The van der Waals surface area contributed by atoms with E-state index in [0.717, 1.165) is 37.0 Å². The van der Waals surface area contributed by atoms with E-state index in [1.54, 1.807) is 7.05 Å². The molecule has 0 N–H and O–H groups in total. The molecule has 1 heterocycles. The first-order valence-corrected chi connectivity index (χ1v) is 7.16. The Labute approximate surface area is 119 Å². The van der Waals surface area contributed by atoms with Crippen LogP contribution in [0.25, 0.3) is 0 Å². The Kier molecular flexibility index (Phi) is 3.47. The molecule has 20 heavy (non-hydrogen) atoms. The van der Waals surface area contributed by atoms with Gasteiger partial charge >= 0.3 is 6.09 Å². The third-order valence-electron chi connectivity index (χ3n) is 4.36. The maximum atomic E-state index is 12.3. The highest BCUT2D eigenvalue weighted by Gasteiger charge is 2.52. The highest BCUT2D eigenvalue weighted by molar-refractivity contribution is 5.90. The first-order valence-electron chi connectivity index (χ1n) is 7.16. The molecule has 1 aliphatic heterocycles. The van der Waals surface area contributed by atoms with Gasteiger partial charge in [0.2, 0.25) is 0 Å². The third-order valence-corrected chi connectivity index (χ3v) is 4.36. The number of likely N-dealkylation sites (tertiary alicyclic amines) is 1. The molecule has 1 saturated heterocycles. The fraction of sp³-hybridized carbons (Fsp3) is 0.500. The van der Waals surface area contributed by atoms with Crippen LogP contribution in [0, 0.1) is 0 Å². The lowest BCUT2D eigenvalue weighted by Gasteiger charge is -2.36. The highest BCUT2D eigenvalue weighted by Crippen LogP contribution is 2.48. The fourth-order valence-electron chi connectivity index (χ4n) is 2.84. The van der Waals surface area contributed by atoms with E-state index in [9.17, 15) is 4.79 Å². The van der Waals surface area contributed by atoms with Crippen molar-refractivity contribution < 1.29 is 9.53 Å². The van der Waals surface area contributed by atoms with Gasteiger partial charge in [0.25, 0.3) is 0 Å². The van der Waals surface area contributed by atoms with Crippen molar-refractivity contribution in [2.75, 3.05) is 13.6 Å². The van der Waals surface area contributed by atoms with E-state index in [-0.39, 0.29) is 11.6 Å². The number of hydrogen-bond donors (Lipinski definition) is 0. The largest absolute Gasteiger partial charge is 0.445 e. The molecular weight excluding hydrogens is 252 g/mol. The quantitative estimate of drug-likeness (QED) is 0.830. The molecule has 1 amide bonds. The van der Waals surface area contributed by atoms with Crippen LogP contribution in [-0.4, -0.2) is 35.8 Å². The molecule has 1 aliphatic carbocycles. The van der Waals surface area contributed by atoms with Gasteiger partial charge in [-0.3, -0.25) is 9.89 Å². The molecular formula is C16H20N2O2. The van der Waals surface area contributed by atoms with Gasteiger partial charge in [0, 0.05) is 18.3 Å². The van der Waals surface area contributed by atoms with Gasteiger partial charge in [-0.15, -0.1) is 0 Å². The number of rotatable bonds is 2. The molecule has 2 fully saturated rings. The Balaban J connectivity index is 1.63. The zero-order chi connectivity index (χ0) is 14.0. The zero-order valence-electron chi connectivity index (χ0n) is 11.8. The minimum absolute atomic E-state index is 0.0714. The second-order valence-electron chi connectivity index (χ2n) is 5.64. The van der Waals surface area contributed by atoms with E-state index in [1.165, 1.54) is 0 Å². The first kappa shape index (κ1) is 13.2. The standard InChI is InChI=1S/C16H20N2O2/c1-17-14-7-8-16(9-10-16)18(11-14)15(19)20-12-13-5-3-2-4-6-13/h2-6H,7-12H2,1H3. The molecule has 0 radical (unpaired) electrons. The van der Waals surface area contributed by atoms with Gasteiger partial charge in [-0.1, -0.05) is 30.3 Å². The molecule has 1 spiro atoms. The van der Waals surface area contributed by atoms with E-state index < -0.39 is 0 Å². The number of nitrogens with zero attached hydrogens (tertiary/aromatic N) is 2. The average molecular weight is 272 g/mol. The summed E-state index contributed by atoms with van der Waals surface area (Å²) in [6, 6.07) is 9.80. The van der Waals surface area contributed by atoms with E-state index in [1.807, 2.05) is 35.2 Å². The molecule has 1 aromatic carbocycles. The smallest absolute Gasteiger partial charge is 0.410 e. The SMILES string of the molecule is CN=C1CCC2(CC2)N(C(=O)OCc2ccccc2)C1. The molecule has 1 saturated carbocycles. The second-order valence-corrected chi connectivity index (χ2v) is 5.64. The van der Waals surface area contributed by atoms with Gasteiger partial charge in [-0.25, -0.2) is 4.79 Å². The van der Waals surface area contributed by atoms with Crippen LogP contribution in [-0.2, 0) is 11.3 Å². The Hall–Kier alpha value is -1.84. The predicted octanol–water partition coefficient (Wildman–Crippen LogP) is 3.02. The molecule has 4 nitrogen and oxygen atoms in total. The molecule has 3 rings (SSSR count). The molecule has 1 aromatic rings. The van der Waals surface area contributed by atoms with Crippen molar-refractivity contribution in [1.82, 2.24) is 4.90 Å². The van der Waals surface area contributed by atoms with Crippen molar-refractivity contribution in [2.45, 2.75) is 37.8 Å². The van der Waals surface area contributed by atoms with Crippen LogP contribution in [0.1, 0.15) is 31.2 Å². The first-order chi connectivity index (χ1) is 9.73. The van der Waals surface area contributed by atoms with Gasteiger partial charge in [0.15, 0.2) is 0 Å². The number of amides is 1. The van der Waals surface area contributed by atoms with Crippen molar-refractivity contribution >= 4 is 11.8 Å². The molecule has 0 bridgehead atoms. The number of carbonyl (C=O) groups is 1. The summed E-state index contributed by atoms with van der Waals surface area (Å²) in [4.78, 5) is 18.5. The van der Waals surface area contributed by atoms with E-state index >= 15 is 0 Å². The minimum Gasteiger partial charge on any atom is -0.445 e. The number of piperidine rings is 1. The monoisotopic (exact) mass is 272 g/mol. The van der Waals surface area contributed by atoms with Crippen LogP contribution >= 0.6 is 0 Å². The number of ether oxygens (including phenoxy) is 1. The van der Waals surface area contributed by atoms with Gasteiger partial charge in [-0.2, -0.15) is 0 Å². The Morgan fingerprint density at radius 3 is 2.70 bits per heavy atom. The Morgan fingerprint density at radius 1 is 1.30 bits per heavy atom. The van der Waals surface area contributed by atoms with Crippen LogP contribution in [0.15, 0.2) is 35.3 Å². The number of aliphatic imine (C=N–C) groups is 1. The fourth-order valence-corrected chi connectivity index (χ4v) is 2.84. The number of benzene rings is 1. The lowest BCUT2D eigenvalue weighted by atomic mass is 9.99. The topological polar surface area (TPSA) is 41.9 Å². The van der Waals surface area contributed by atoms with Crippen molar-refractivity contribution in [3.63, 3.8) is 0 Å². The predicted molar refractivity (Wildman–Crippen MR) is 77.9 cm³/mol. The number of hydrogen-bond acceptors (Lipinski definition) is 3. The average Bonchev–Trinajstić information content (AvgIpc) is 3.26. The van der Waals surface area contributed by atoms with Crippen molar-refractivity contribution in [3.8, 4) is 0 Å². The maximum Gasteiger partial charge on any atom is 0.410 e. The summed E-state index contributed by atoms with van der Waals surface area (Å²) < 4.78 is 5.47. The molecule has 4 heteroatoms. The second kappa shape index (κ2) is 5.27. The molecule has 106 valence electrons. The van der Waals surface area contributed by atoms with Gasteiger partial charge in [0.1, 0.15) is 6.61 Å². The van der Waals surface area contributed by atoms with Crippen molar-refractivity contribution in [3.05, 3.63) is 35.9 Å². The molecule has 0 atom stereocenters. The van der Waals surface area contributed by atoms with Crippen molar-refractivity contribution in [1.29, 1.82) is 0 Å². The lowest BCUT2D eigenvalue weighted by molar-refractivity contribution is 0.0762. The van der Waals surface area contributed by atoms with E-state index in [0.29, 0.717) is 13.2 Å². The molecule has 0 aromatic heterocycles. The van der Waals surface area contributed by atoms with Crippen LogP contribution in [0.3, 0.4) is 0 Å². The van der Waals surface area contributed by atoms with Crippen LogP contribution in [0.5, 0.6) is 0 Å². The summed E-state index contributed by atoms with van der Waals surface area (Å²) in [5.74, 6) is 0. The summed E-state index contributed by atoms with van der Waals surface area (Å²) >= 11 is 0. The summed E-state index contributed by atoms with van der Waals surface area (Å²) in [5, 5.41) is 0. The maximum absolute atomic E-state index is 12.3. The summed E-state index contributed by atoms with van der Waals surface area (Å²) in [7, 11) is 1.80. The number of carbonyl (C=O) groups excluding carboxylic acids is 1. The molecule has 0 unspecified atom stereocenters. The van der Waals surface area contributed by atoms with Crippen LogP contribution < -0.4 is 0 Å². The van der Waals surface area contributed by atoms with Gasteiger partial charge in [-0.05, 0) is 31.2 Å². The summed E-state index contributed by atoms with van der Waals surface area (Å²) in [6.07, 6.45) is 4.04. The molecule has 2 aliphatic rings. The zero-order valence-corrected chi connectivity index (χ0v) is 11.8. The summed E-state index contributed by atoms with van der Waals surface area (Å²) in [6.45, 7) is 0.967. The van der Waals surface area contributed by atoms with Gasteiger partial charge < -0.3 is 4.74 Å². The van der Waals surface area contributed by atoms with Crippen molar-refractivity contribution in [2.24, 2.45) is 4.99 Å². The third kappa shape index (κ3) is 2.55. The van der Waals surface area contributed by atoms with E-state index in [4.69, 9.17) is 4.74 Å². The van der Waals surface area contributed by atoms with Gasteiger partial charge in [0.05, 0.1) is 6.54 Å². The van der Waals surface area contributed by atoms with Crippen LogP contribution in [0.4, 0.5) is 4.79 Å². The van der Waals surface area contributed by atoms with E-state index in [2.05, 4.69) is 4.99 Å². The highest BCUT2D eigenvalue weighted by atomic mass is 16.6. The summed E-state index contributed by atoms with van der Waals surface area (Å²) in [5.41, 5.74) is 2.19. The normalized spacial score (nSPS) is 22.1. The lowest BCUT2D eigenvalue weighted by Crippen LogP contribution is -2.49. The minimum atomic E-state index is -0.202. The Morgan fingerprint density at radius 2 is 2.05 bits per heavy atom. The Bertz CT molecular complexity index is 521.